The number of anilines is 2. The smallest absolute Gasteiger partial charge is 0.272 e. The molecule has 4 aromatic rings. The normalized spacial score (nSPS) is 11.7. The summed E-state index contributed by atoms with van der Waals surface area (Å²) in [6.45, 7) is 3.44. The lowest BCUT2D eigenvalue weighted by molar-refractivity contribution is -0.384. The fraction of sp³-hybridized carbons (Fsp3) is 0.0938. The number of carbonyl (C=O) groups excluding carboxylic acids is 3. The zero-order chi connectivity index (χ0) is 30.9. The number of nitrogens with one attached hydrogen (secondary N) is 3. The van der Waals surface area contributed by atoms with E-state index < -0.39 is 22.0 Å². The van der Waals surface area contributed by atoms with Gasteiger partial charge in [0, 0.05) is 39.0 Å². The zero-order valence-corrected chi connectivity index (χ0v) is 24.7. The number of rotatable bonds is 10. The van der Waals surface area contributed by atoms with E-state index in [-0.39, 0.29) is 17.3 Å². The Labute approximate surface area is 257 Å². The lowest BCUT2D eigenvalue weighted by atomic mass is 10.1. The van der Waals surface area contributed by atoms with Gasteiger partial charge in [-0.15, -0.1) is 11.8 Å². The summed E-state index contributed by atoms with van der Waals surface area (Å²) in [6, 6.07) is 26.6. The van der Waals surface area contributed by atoms with Gasteiger partial charge in [-0.25, -0.2) is 0 Å². The van der Waals surface area contributed by atoms with E-state index >= 15 is 0 Å². The van der Waals surface area contributed by atoms with Crippen LogP contribution in [-0.2, 0) is 9.59 Å². The molecule has 0 aliphatic carbocycles. The summed E-state index contributed by atoms with van der Waals surface area (Å²) in [4.78, 5) is 50.1. The summed E-state index contributed by atoms with van der Waals surface area (Å²) in [7, 11) is 0. The molecule has 43 heavy (non-hydrogen) atoms. The first-order valence-electron chi connectivity index (χ1n) is 13.1. The van der Waals surface area contributed by atoms with Gasteiger partial charge >= 0.3 is 0 Å². The Hall–Kier alpha value is -4.93. The molecule has 0 saturated carbocycles. The minimum atomic E-state index is -0.532. The van der Waals surface area contributed by atoms with Gasteiger partial charge in [-0.05, 0) is 85.6 Å². The highest BCUT2D eigenvalue weighted by molar-refractivity contribution is 8.00. The molecule has 9 nitrogen and oxygen atoms in total. The lowest BCUT2D eigenvalue weighted by Gasteiger charge is -2.14. The van der Waals surface area contributed by atoms with Crippen LogP contribution in [0.1, 0.15) is 28.4 Å². The van der Waals surface area contributed by atoms with E-state index in [0.717, 1.165) is 4.90 Å². The van der Waals surface area contributed by atoms with Crippen LogP contribution >= 0.6 is 23.4 Å². The van der Waals surface area contributed by atoms with Crippen molar-refractivity contribution in [2.24, 2.45) is 0 Å². The minimum Gasteiger partial charge on any atom is -0.325 e. The topological polar surface area (TPSA) is 130 Å². The number of nitro groups is 1. The molecular weight excluding hydrogens is 588 g/mol. The van der Waals surface area contributed by atoms with Crippen molar-refractivity contribution in [3.63, 3.8) is 0 Å². The molecule has 0 saturated heterocycles. The first-order valence-corrected chi connectivity index (χ1v) is 14.3. The summed E-state index contributed by atoms with van der Waals surface area (Å²) in [6.07, 6.45) is 1.54. The Kier molecular flexibility index (Phi) is 10.3. The van der Waals surface area contributed by atoms with Crippen LogP contribution in [0.4, 0.5) is 17.1 Å². The summed E-state index contributed by atoms with van der Waals surface area (Å²) in [5, 5.41) is 19.3. The van der Waals surface area contributed by atoms with Gasteiger partial charge in [0.1, 0.15) is 5.70 Å². The maximum Gasteiger partial charge on any atom is 0.272 e. The molecule has 0 aliphatic rings. The van der Waals surface area contributed by atoms with Crippen molar-refractivity contribution >= 4 is 64.2 Å². The standard InChI is InChI=1S/C32H27ClN4O5S/c1-20-17-26(37(41)42)13-16-28(20)35-30(38)21(2)43-27-14-11-25(12-15-27)34-32(40)29(19-22-7-6-10-24(33)18-22)36-31(39)23-8-4-3-5-9-23/h3-19,21H,1-2H3,(H,34,40)(H,35,38)(H,36,39)/b29-19-. The van der Waals surface area contributed by atoms with E-state index in [1.807, 2.05) is 0 Å². The van der Waals surface area contributed by atoms with Crippen molar-refractivity contribution in [2.45, 2.75) is 24.0 Å². The molecule has 0 bridgehead atoms. The second-order valence-corrected chi connectivity index (χ2v) is 11.3. The molecule has 218 valence electrons. The van der Waals surface area contributed by atoms with Crippen LogP contribution in [0.15, 0.2) is 108 Å². The van der Waals surface area contributed by atoms with E-state index in [1.54, 1.807) is 98.8 Å². The van der Waals surface area contributed by atoms with Crippen LogP contribution < -0.4 is 16.0 Å². The Morgan fingerprint density at radius 3 is 2.28 bits per heavy atom. The summed E-state index contributed by atoms with van der Waals surface area (Å²) in [5.74, 6) is -1.23. The molecule has 0 aliphatic heterocycles. The van der Waals surface area contributed by atoms with Crippen molar-refractivity contribution in [1.29, 1.82) is 0 Å². The first-order chi connectivity index (χ1) is 20.6. The third-order valence-corrected chi connectivity index (χ3v) is 7.51. The van der Waals surface area contributed by atoms with Crippen LogP contribution in [0.25, 0.3) is 6.08 Å². The van der Waals surface area contributed by atoms with Gasteiger partial charge in [-0.3, -0.25) is 24.5 Å². The summed E-state index contributed by atoms with van der Waals surface area (Å²) >= 11 is 7.42. The molecule has 0 spiro atoms. The van der Waals surface area contributed by atoms with Crippen molar-refractivity contribution < 1.29 is 19.3 Å². The molecule has 4 aromatic carbocycles. The number of halogens is 1. The van der Waals surface area contributed by atoms with Gasteiger partial charge in [-0.2, -0.15) is 0 Å². The number of amides is 3. The fourth-order valence-corrected chi connectivity index (χ4v) is 4.98. The lowest BCUT2D eigenvalue weighted by Crippen LogP contribution is -2.30. The Morgan fingerprint density at radius 2 is 1.63 bits per heavy atom. The molecule has 1 atom stereocenters. The molecule has 1 unspecified atom stereocenters. The van der Waals surface area contributed by atoms with Gasteiger partial charge in [0.05, 0.1) is 10.2 Å². The second kappa shape index (κ2) is 14.3. The number of nitrogens with zero attached hydrogens (tertiary/aromatic N) is 1. The quantitative estimate of drug-likeness (QED) is 0.0757. The molecule has 11 heteroatoms. The predicted molar refractivity (Wildman–Crippen MR) is 170 cm³/mol. The number of hydrogen-bond acceptors (Lipinski definition) is 6. The number of thioether (sulfide) groups is 1. The van der Waals surface area contributed by atoms with E-state index in [4.69, 9.17) is 11.6 Å². The van der Waals surface area contributed by atoms with Crippen LogP contribution in [0.5, 0.6) is 0 Å². The Bertz CT molecular complexity index is 1690. The number of non-ortho nitro benzene ring substituents is 1. The molecular formula is C32H27ClN4O5S. The van der Waals surface area contributed by atoms with Crippen LogP contribution in [-0.4, -0.2) is 27.9 Å². The first kappa shape index (κ1) is 31.0. The number of benzene rings is 4. The number of aryl methyl sites for hydroxylation is 1. The molecule has 0 aromatic heterocycles. The Morgan fingerprint density at radius 1 is 0.907 bits per heavy atom. The highest BCUT2D eigenvalue weighted by Gasteiger charge is 2.18. The van der Waals surface area contributed by atoms with Crippen molar-refractivity contribution in [1.82, 2.24) is 5.32 Å². The Balaban J connectivity index is 1.42. The third-order valence-electron chi connectivity index (χ3n) is 6.16. The molecule has 4 rings (SSSR count). The molecule has 3 N–H and O–H groups in total. The van der Waals surface area contributed by atoms with Crippen LogP contribution in [0.3, 0.4) is 0 Å². The SMILES string of the molecule is Cc1cc([N+](=O)[O-])ccc1NC(=O)C(C)Sc1ccc(NC(=O)/C(=C/c2cccc(Cl)c2)NC(=O)c2ccccc2)cc1. The summed E-state index contributed by atoms with van der Waals surface area (Å²) < 4.78 is 0. The van der Waals surface area contributed by atoms with Crippen molar-refractivity contribution in [3.8, 4) is 0 Å². The molecule has 0 fully saturated rings. The van der Waals surface area contributed by atoms with E-state index in [1.165, 1.54) is 30.0 Å². The van der Waals surface area contributed by atoms with E-state index in [0.29, 0.717) is 33.1 Å². The average molecular weight is 615 g/mol. The predicted octanol–water partition coefficient (Wildman–Crippen LogP) is 7.09. The van der Waals surface area contributed by atoms with Crippen molar-refractivity contribution in [3.05, 3.63) is 135 Å². The van der Waals surface area contributed by atoms with Gasteiger partial charge in [0.2, 0.25) is 5.91 Å². The average Bonchev–Trinajstić information content (AvgIpc) is 2.99. The van der Waals surface area contributed by atoms with Crippen LogP contribution in [0, 0.1) is 17.0 Å². The van der Waals surface area contributed by atoms with E-state index in [9.17, 15) is 24.5 Å². The fourth-order valence-electron chi connectivity index (χ4n) is 3.91. The van der Waals surface area contributed by atoms with Gasteiger partial charge < -0.3 is 16.0 Å². The van der Waals surface area contributed by atoms with Crippen molar-refractivity contribution in [2.75, 3.05) is 10.6 Å². The minimum absolute atomic E-state index is 0.0291. The van der Waals surface area contributed by atoms with Gasteiger partial charge in [-0.1, -0.05) is 41.9 Å². The highest BCUT2D eigenvalue weighted by atomic mass is 35.5. The zero-order valence-electron chi connectivity index (χ0n) is 23.2. The largest absolute Gasteiger partial charge is 0.325 e. The number of nitro benzene ring substituents is 1. The van der Waals surface area contributed by atoms with Crippen LogP contribution in [0.2, 0.25) is 5.02 Å². The van der Waals surface area contributed by atoms with E-state index in [2.05, 4.69) is 16.0 Å². The number of hydrogen-bond donors (Lipinski definition) is 3. The maximum atomic E-state index is 13.3. The second-order valence-electron chi connectivity index (χ2n) is 9.42. The molecule has 3 amide bonds. The van der Waals surface area contributed by atoms with Gasteiger partial charge in [0.15, 0.2) is 0 Å². The number of carbonyl (C=O) groups is 3. The monoisotopic (exact) mass is 614 g/mol. The summed E-state index contributed by atoms with van der Waals surface area (Å²) in [5.41, 5.74) is 2.59. The van der Waals surface area contributed by atoms with Gasteiger partial charge in [0.25, 0.3) is 17.5 Å². The third kappa shape index (κ3) is 8.78. The maximum absolute atomic E-state index is 13.3. The molecule has 0 heterocycles. The molecule has 0 radical (unpaired) electrons. The highest BCUT2D eigenvalue weighted by Crippen LogP contribution is 2.27.